The van der Waals surface area contributed by atoms with Gasteiger partial charge in [-0.25, -0.2) is 18.4 Å². The number of carbonyl (C=O) groups is 2. The van der Waals surface area contributed by atoms with Gasteiger partial charge in [0.2, 0.25) is 15.7 Å². The topological polar surface area (TPSA) is 156 Å². The fourth-order valence-electron chi connectivity index (χ4n) is 4.90. The number of hydrogen-bond acceptors (Lipinski definition) is 8. The molecule has 1 saturated heterocycles. The molecule has 4 N–H and O–H groups in total. The van der Waals surface area contributed by atoms with Crippen molar-refractivity contribution >= 4 is 32.6 Å². The molecule has 0 spiro atoms. The van der Waals surface area contributed by atoms with Gasteiger partial charge in [0, 0.05) is 24.2 Å². The van der Waals surface area contributed by atoms with Crippen molar-refractivity contribution in [1.82, 2.24) is 20.2 Å². The first-order chi connectivity index (χ1) is 18.6. The molecule has 0 bridgehead atoms. The molecule has 39 heavy (non-hydrogen) atoms. The molecule has 1 fully saturated rings. The van der Waals surface area contributed by atoms with Crippen LogP contribution in [0.1, 0.15) is 50.0 Å². The Morgan fingerprint density at radius 2 is 1.85 bits per heavy atom. The lowest BCUT2D eigenvalue weighted by atomic mass is 9.98. The number of likely N-dealkylation sites (tertiary alicyclic amines) is 1. The molecule has 2 amide bonds. The second-order valence-corrected chi connectivity index (χ2v) is 12.3. The lowest BCUT2D eigenvalue weighted by molar-refractivity contribution is -0.137. The number of amides is 2. The van der Waals surface area contributed by atoms with Gasteiger partial charge in [0.25, 0.3) is 5.91 Å². The van der Waals surface area contributed by atoms with E-state index in [1.165, 1.54) is 18.3 Å². The number of aliphatic hydroxyl groups is 1. The highest BCUT2D eigenvalue weighted by atomic mass is 32.2. The highest BCUT2D eigenvalue weighted by molar-refractivity contribution is 7.92. The van der Waals surface area contributed by atoms with Gasteiger partial charge >= 0.3 is 0 Å². The highest BCUT2D eigenvalue weighted by Crippen LogP contribution is 2.27. The molecular weight excluding hydrogens is 518 g/mol. The van der Waals surface area contributed by atoms with Crippen LogP contribution in [-0.2, 0) is 14.6 Å². The lowest BCUT2D eigenvalue weighted by Crippen LogP contribution is -2.61. The van der Waals surface area contributed by atoms with E-state index >= 15 is 0 Å². The summed E-state index contributed by atoms with van der Waals surface area (Å²) in [7, 11) is -4.31. The van der Waals surface area contributed by atoms with Gasteiger partial charge in [0.1, 0.15) is 17.8 Å². The molecule has 3 aromatic rings. The summed E-state index contributed by atoms with van der Waals surface area (Å²) in [5, 5.41) is 12.9. The minimum atomic E-state index is -4.31. The number of fused-ring (bicyclic) bond motifs is 1. The van der Waals surface area contributed by atoms with E-state index in [-0.39, 0.29) is 29.6 Å². The number of para-hydroxylation sites is 1. The summed E-state index contributed by atoms with van der Waals surface area (Å²) in [6.45, 7) is 3.89. The van der Waals surface area contributed by atoms with Crippen LogP contribution >= 0.6 is 0 Å². The number of sulfone groups is 1. The van der Waals surface area contributed by atoms with Crippen LogP contribution in [0.25, 0.3) is 10.9 Å². The number of nitrogens with zero attached hydrogens (tertiary/aromatic N) is 3. The minimum absolute atomic E-state index is 0.00315. The molecule has 0 aliphatic carbocycles. The number of hydrogen-bond donors (Lipinski definition) is 3. The third-order valence-corrected chi connectivity index (χ3v) is 8.89. The molecule has 1 aromatic carbocycles. The van der Waals surface area contributed by atoms with Crippen LogP contribution in [0, 0.1) is 5.92 Å². The van der Waals surface area contributed by atoms with E-state index in [2.05, 4.69) is 15.3 Å². The van der Waals surface area contributed by atoms with Crippen molar-refractivity contribution in [3.05, 3.63) is 66.5 Å². The molecule has 11 heteroatoms. The van der Waals surface area contributed by atoms with Crippen molar-refractivity contribution in [2.24, 2.45) is 11.7 Å². The van der Waals surface area contributed by atoms with Crippen LogP contribution in [-0.4, -0.2) is 70.3 Å². The van der Waals surface area contributed by atoms with Crippen LogP contribution in [0.4, 0.5) is 0 Å². The van der Waals surface area contributed by atoms with E-state index in [9.17, 15) is 23.1 Å². The minimum Gasteiger partial charge on any atom is -0.388 e. The molecule has 4 rings (SSSR count). The van der Waals surface area contributed by atoms with Crippen LogP contribution in [0.15, 0.2) is 65.8 Å². The fraction of sp³-hybridized carbons (Fsp3) is 0.429. The second-order valence-electron chi connectivity index (χ2n) is 10.3. The summed E-state index contributed by atoms with van der Waals surface area (Å²) < 4.78 is 27.5. The Kier molecular flexibility index (Phi) is 8.94. The standard InChI is InChI=1S/C28H35N5O5S/c1-18(2)17-23(32-26(35)22-14-13-19-9-3-4-11-21(19)31-22)27(36)33-16-8-6-10-20(29)25(34)28(33)39(37,38)24-12-5-7-15-30-24/h3-5,7,9,11-15,18,20,23,25,28,34H,6,8,10,16-17,29H2,1-2H3,(H,32,35)/t20?,23-,25?,28?/m0/s1. The number of aromatic nitrogens is 2. The zero-order chi connectivity index (χ0) is 28.2. The van der Waals surface area contributed by atoms with Crippen LogP contribution in [0.2, 0.25) is 0 Å². The first-order valence-electron chi connectivity index (χ1n) is 13.2. The van der Waals surface area contributed by atoms with Crippen LogP contribution in [0.3, 0.4) is 0 Å². The average Bonchev–Trinajstić information content (AvgIpc) is 2.92. The third-order valence-electron chi connectivity index (χ3n) is 6.90. The van der Waals surface area contributed by atoms with Crippen molar-refractivity contribution in [1.29, 1.82) is 0 Å². The fourth-order valence-corrected chi connectivity index (χ4v) is 6.74. The third kappa shape index (κ3) is 6.43. The lowest BCUT2D eigenvalue weighted by Gasteiger charge is -2.40. The normalized spacial score (nSPS) is 21.3. The monoisotopic (exact) mass is 553 g/mol. The molecular formula is C28H35N5O5S. The van der Waals surface area contributed by atoms with Crippen molar-refractivity contribution in [2.75, 3.05) is 6.54 Å². The van der Waals surface area contributed by atoms with Crippen molar-refractivity contribution in [2.45, 2.75) is 68.1 Å². The van der Waals surface area contributed by atoms with Gasteiger partial charge in [-0.05, 0) is 49.4 Å². The number of benzene rings is 1. The van der Waals surface area contributed by atoms with Gasteiger partial charge < -0.3 is 21.1 Å². The molecule has 3 heterocycles. The van der Waals surface area contributed by atoms with Gasteiger partial charge in [0.15, 0.2) is 10.4 Å². The SMILES string of the molecule is CC(C)C[C@H](NC(=O)c1ccc2ccccc2n1)C(=O)N1CCCCC(N)C(O)C1S(=O)(=O)c1ccccn1. The molecule has 1 aliphatic heterocycles. The summed E-state index contributed by atoms with van der Waals surface area (Å²) in [4.78, 5) is 36.9. The highest BCUT2D eigenvalue weighted by Gasteiger charge is 2.46. The van der Waals surface area contributed by atoms with Crippen molar-refractivity contribution < 1.29 is 23.1 Å². The van der Waals surface area contributed by atoms with Gasteiger partial charge in [-0.15, -0.1) is 0 Å². The van der Waals surface area contributed by atoms with Crippen molar-refractivity contribution in [3.63, 3.8) is 0 Å². The van der Waals surface area contributed by atoms with E-state index in [1.54, 1.807) is 24.3 Å². The van der Waals surface area contributed by atoms with Gasteiger partial charge in [0.05, 0.1) is 5.52 Å². The summed E-state index contributed by atoms with van der Waals surface area (Å²) in [6.07, 6.45) is 1.57. The number of nitrogens with one attached hydrogen (secondary N) is 1. The molecule has 4 atom stereocenters. The number of rotatable bonds is 7. The van der Waals surface area contributed by atoms with Crippen molar-refractivity contribution in [3.8, 4) is 0 Å². The molecule has 0 saturated carbocycles. The van der Waals surface area contributed by atoms with E-state index in [0.29, 0.717) is 24.8 Å². The van der Waals surface area contributed by atoms with E-state index in [0.717, 1.165) is 10.3 Å². The zero-order valence-electron chi connectivity index (χ0n) is 22.1. The molecule has 3 unspecified atom stereocenters. The predicted octanol–water partition coefficient (Wildman–Crippen LogP) is 2.27. The second kappa shape index (κ2) is 12.2. The maximum atomic E-state index is 14.1. The molecule has 0 radical (unpaired) electrons. The number of carbonyl (C=O) groups excluding carboxylic acids is 2. The predicted molar refractivity (Wildman–Crippen MR) is 147 cm³/mol. The summed E-state index contributed by atoms with van der Waals surface area (Å²) >= 11 is 0. The largest absolute Gasteiger partial charge is 0.388 e. The Morgan fingerprint density at radius 3 is 2.56 bits per heavy atom. The Morgan fingerprint density at radius 1 is 1.10 bits per heavy atom. The summed E-state index contributed by atoms with van der Waals surface area (Å²) in [5.41, 5.74) is 6.96. The Bertz CT molecular complexity index is 1420. The Hall–Kier alpha value is -3.41. The number of aliphatic hydroxyl groups excluding tert-OH is 1. The van der Waals surface area contributed by atoms with Crippen LogP contribution in [0.5, 0.6) is 0 Å². The first-order valence-corrected chi connectivity index (χ1v) is 14.7. The van der Waals surface area contributed by atoms with Gasteiger partial charge in [-0.1, -0.05) is 50.6 Å². The molecule has 10 nitrogen and oxygen atoms in total. The quantitative estimate of drug-likeness (QED) is 0.402. The molecule has 1 aliphatic rings. The zero-order valence-corrected chi connectivity index (χ0v) is 22.9. The van der Waals surface area contributed by atoms with E-state index < -0.39 is 45.2 Å². The van der Waals surface area contributed by atoms with Gasteiger partial charge in [-0.2, -0.15) is 0 Å². The molecule has 2 aromatic heterocycles. The maximum Gasteiger partial charge on any atom is 0.270 e. The number of pyridine rings is 2. The summed E-state index contributed by atoms with van der Waals surface area (Å²) in [5.74, 6) is -1.15. The summed E-state index contributed by atoms with van der Waals surface area (Å²) in [6, 6.07) is 13.3. The van der Waals surface area contributed by atoms with E-state index in [1.807, 2.05) is 32.0 Å². The van der Waals surface area contributed by atoms with Crippen LogP contribution < -0.4 is 11.1 Å². The average molecular weight is 554 g/mol. The van der Waals surface area contributed by atoms with Gasteiger partial charge in [-0.3, -0.25) is 9.59 Å². The number of nitrogens with two attached hydrogens (primary N) is 1. The Balaban J connectivity index is 1.69. The first kappa shape index (κ1) is 28.6. The Labute approximate surface area is 228 Å². The smallest absolute Gasteiger partial charge is 0.270 e. The molecule has 208 valence electrons. The van der Waals surface area contributed by atoms with E-state index in [4.69, 9.17) is 5.73 Å². The maximum absolute atomic E-state index is 14.1.